The third kappa shape index (κ3) is 3.80. The minimum atomic E-state index is -0.152. The van der Waals surface area contributed by atoms with Gasteiger partial charge in [-0.25, -0.2) is 9.97 Å². The third-order valence-electron chi connectivity index (χ3n) is 2.65. The SMILES string of the molecule is CCNc1ncc(Br)cc1C(=O)NCCc1ncc[nH]1. The molecule has 7 heteroatoms. The second kappa shape index (κ2) is 7.04. The van der Waals surface area contributed by atoms with Crippen LogP contribution in [0.4, 0.5) is 5.82 Å². The molecule has 1 amide bonds. The molecule has 6 nitrogen and oxygen atoms in total. The zero-order chi connectivity index (χ0) is 14.4. The van der Waals surface area contributed by atoms with Crippen molar-refractivity contribution in [1.82, 2.24) is 20.3 Å². The van der Waals surface area contributed by atoms with Crippen LogP contribution in [0.3, 0.4) is 0 Å². The monoisotopic (exact) mass is 337 g/mol. The zero-order valence-corrected chi connectivity index (χ0v) is 12.7. The number of aromatic nitrogens is 3. The van der Waals surface area contributed by atoms with Crippen molar-refractivity contribution in [2.24, 2.45) is 0 Å². The van der Waals surface area contributed by atoms with Gasteiger partial charge in [0.25, 0.3) is 5.91 Å². The molecular formula is C13H16BrN5O. The summed E-state index contributed by atoms with van der Waals surface area (Å²) in [7, 11) is 0. The predicted octanol–water partition coefficient (Wildman–Crippen LogP) is 1.97. The number of carbonyl (C=O) groups excluding carboxylic acids is 1. The second-order valence-corrected chi connectivity index (χ2v) is 5.04. The molecule has 2 aromatic rings. The maximum absolute atomic E-state index is 12.2. The number of rotatable bonds is 6. The molecule has 0 saturated heterocycles. The minimum Gasteiger partial charge on any atom is -0.370 e. The Morgan fingerprint density at radius 1 is 1.45 bits per heavy atom. The highest BCUT2D eigenvalue weighted by atomic mass is 79.9. The van der Waals surface area contributed by atoms with Crippen LogP contribution in [0.2, 0.25) is 0 Å². The van der Waals surface area contributed by atoms with Crippen LogP contribution in [0.5, 0.6) is 0 Å². The molecule has 0 fully saturated rings. The van der Waals surface area contributed by atoms with E-state index < -0.39 is 0 Å². The number of hydrogen-bond acceptors (Lipinski definition) is 4. The molecule has 2 rings (SSSR count). The molecule has 0 aliphatic heterocycles. The summed E-state index contributed by atoms with van der Waals surface area (Å²) in [4.78, 5) is 23.5. The van der Waals surface area contributed by atoms with Gasteiger partial charge in [0, 0.05) is 42.6 Å². The molecule has 0 atom stereocenters. The molecule has 0 spiro atoms. The first kappa shape index (κ1) is 14.5. The lowest BCUT2D eigenvalue weighted by molar-refractivity contribution is 0.0954. The quantitative estimate of drug-likeness (QED) is 0.752. The normalized spacial score (nSPS) is 10.3. The van der Waals surface area contributed by atoms with Crippen LogP contribution in [-0.4, -0.2) is 33.9 Å². The fourth-order valence-corrected chi connectivity index (χ4v) is 2.08. The maximum Gasteiger partial charge on any atom is 0.255 e. The lowest BCUT2D eigenvalue weighted by Gasteiger charge is -2.10. The highest BCUT2D eigenvalue weighted by molar-refractivity contribution is 9.10. The molecule has 0 saturated carbocycles. The summed E-state index contributed by atoms with van der Waals surface area (Å²) in [5.74, 6) is 1.29. The standard InChI is InChI=1S/C13H16BrN5O/c1-2-15-12-10(7-9(14)8-19-12)13(20)18-4-3-11-16-5-6-17-11/h5-8H,2-4H2,1H3,(H,15,19)(H,16,17)(H,18,20). The Bertz CT molecular complexity index is 570. The molecule has 2 aromatic heterocycles. The number of imidazole rings is 1. The lowest BCUT2D eigenvalue weighted by atomic mass is 10.2. The van der Waals surface area contributed by atoms with Crippen molar-refractivity contribution < 1.29 is 4.79 Å². The lowest BCUT2D eigenvalue weighted by Crippen LogP contribution is -2.27. The highest BCUT2D eigenvalue weighted by Crippen LogP contribution is 2.17. The number of H-pyrrole nitrogens is 1. The number of carbonyl (C=O) groups is 1. The van der Waals surface area contributed by atoms with Crippen LogP contribution in [0.1, 0.15) is 23.1 Å². The van der Waals surface area contributed by atoms with Gasteiger partial charge in [-0.2, -0.15) is 0 Å². The molecule has 3 N–H and O–H groups in total. The average Bonchev–Trinajstić information content (AvgIpc) is 2.94. The molecule has 0 aliphatic rings. The summed E-state index contributed by atoms with van der Waals surface area (Å²) in [5.41, 5.74) is 0.528. The van der Waals surface area contributed by atoms with Crippen molar-refractivity contribution in [2.75, 3.05) is 18.4 Å². The van der Waals surface area contributed by atoms with Gasteiger partial charge >= 0.3 is 0 Å². The van der Waals surface area contributed by atoms with Crippen molar-refractivity contribution in [3.8, 4) is 0 Å². The number of anilines is 1. The number of nitrogens with one attached hydrogen (secondary N) is 3. The van der Waals surface area contributed by atoms with Crippen molar-refractivity contribution in [1.29, 1.82) is 0 Å². The van der Waals surface area contributed by atoms with Crippen LogP contribution < -0.4 is 10.6 Å². The summed E-state index contributed by atoms with van der Waals surface area (Å²) in [6.45, 7) is 3.19. The van der Waals surface area contributed by atoms with Gasteiger partial charge in [-0.15, -0.1) is 0 Å². The van der Waals surface area contributed by atoms with Crippen molar-refractivity contribution in [3.63, 3.8) is 0 Å². The summed E-state index contributed by atoms with van der Waals surface area (Å²) in [6, 6.07) is 1.76. The highest BCUT2D eigenvalue weighted by Gasteiger charge is 2.12. The molecular weight excluding hydrogens is 322 g/mol. The summed E-state index contributed by atoms with van der Waals surface area (Å²) >= 11 is 3.33. The van der Waals surface area contributed by atoms with E-state index in [4.69, 9.17) is 0 Å². The second-order valence-electron chi connectivity index (χ2n) is 4.12. The largest absolute Gasteiger partial charge is 0.370 e. The van der Waals surface area contributed by atoms with E-state index in [1.807, 2.05) is 6.92 Å². The van der Waals surface area contributed by atoms with Crippen LogP contribution >= 0.6 is 15.9 Å². The first-order valence-electron chi connectivity index (χ1n) is 6.36. The smallest absolute Gasteiger partial charge is 0.255 e. The number of nitrogens with zero attached hydrogens (tertiary/aromatic N) is 2. The van der Waals surface area contributed by atoms with E-state index in [1.54, 1.807) is 24.7 Å². The first-order valence-corrected chi connectivity index (χ1v) is 7.16. The van der Waals surface area contributed by atoms with Crippen LogP contribution in [0, 0.1) is 0 Å². The number of hydrogen-bond donors (Lipinski definition) is 3. The van der Waals surface area contributed by atoms with Crippen LogP contribution in [0.15, 0.2) is 29.1 Å². The van der Waals surface area contributed by atoms with E-state index in [0.29, 0.717) is 30.9 Å². The Labute approximate surface area is 125 Å². The molecule has 0 aromatic carbocycles. The average molecular weight is 338 g/mol. The topological polar surface area (TPSA) is 82.7 Å². The van der Waals surface area contributed by atoms with E-state index in [0.717, 1.165) is 10.3 Å². The fourth-order valence-electron chi connectivity index (χ4n) is 1.75. The van der Waals surface area contributed by atoms with E-state index in [9.17, 15) is 4.79 Å². The first-order chi connectivity index (χ1) is 9.70. The van der Waals surface area contributed by atoms with Crippen LogP contribution in [0.25, 0.3) is 0 Å². The van der Waals surface area contributed by atoms with Gasteiger partial charge in [-0.3, -0.25) is 4.79 Å². The van der Waals surface area contributed by atoms with E-state index in [2.05, 4.69) is 41.5 Å². The molecule has 106 valence electrons. The third-order valence-corrected chi connectivity index (χ3v) is 3.08. The Morgan fingerprint density at radius 2 is 2.30 bits per heavy atom. The summed E-state index contributed by atoms with van der Waals surface area (Å²) in [5, 5.41) is 5.94. The van der Waals surface area contributed by atoms with E-state index in [1.165, 1.54) is 0 Å². The Balaban J connectivity index is 1.99. The molecule has 0 bridgehead atoms. The van der Waals surface area contributed by atoms with Gasteiger partial charge in [-0.1, -0.05) is 0 Å². The van der Waals surface area contributed by atoms with Crippen molar-refractivity contribution >= 4 is 27.7 Å². The Kier molecular flexibility index (Phi) is 5.11. The molecule has 0 aliphatic carbocycles. The van der Waals surface area contributed by atoms with Gasteiger partial charge in [0.05, 0.1) is 5.56 Å². The number of amides is 1. The summed E-state index contributed by atoms with van der Waals surface area (Å²) in [6.07, 6.45) is 5.78. The molecule has 0 unspecified atom stereocenters. The van der Waals surface area contributed by atoms with Crippen LogP contribution in [-0.2, 0) is 6.42 Å². The number of halogens is 1. The van der Waals surface area contributed by atoms with E-state index in [-0.39, 0.29) is 5.91 Å². The summed E-state index contributed by atoms with van der Waals surface area (Å²) < 4.78 is 0.773. The maximum atomic E-state index is 12.2. The Morgan fingerprint density at radius 3 is 3.00 bits per heavy atom. The molecule has 20 heavy (non-hydrogen) atoms. The minimum absolute atomic E-state index is 0.152. The Hall–Kier alpha value is -1.89. The fraction of sp³-hybridized carbons (Fsp3) is 0.308. The molecule has 0 radical (unpaired) electrons. The van der Waals surface area contributed by atoms with E-state index >= 15 is 0 Å². The predicted molar refractivity (Wildman–Crippen MR) is 80.7 cm³/mol. The van der Waals surface area contributed by atoms with Gasteiger partial charge < -0.3 is 15.6 Å². The van der Waals surface area contributed by atoms with Crippen molar-refractivity contribution in [3.05, 3.63) is 40.5 Å². The number of pyridine rings is 1. The molecule has 2 heterocycles. The van der Waals surface area contributed by atoms with Crippen molar-refractivity contribution in [2.45, 2.75) is 13.3 Å². The van der Waals surface area contributed by atoms with Gasteiger partial charge in [0.2, 0.25) is 0 Å². The van der Waals surface area contributed by atoms with Gasteiger partial charge in [0.1, 0.15) is 11.6 Å². The van der Waals surface area contributed by atoms with Gasteiger partial charge in [-0.05, 0) is 28.9 Å². The van der Waals surface area contributed by atoms with Gasteiger partial charge in [0.15, 0.2) is 0 Å². The zero-order valence-electron chi connectivity index (χ0n) is 11.1. The number of aromatic amines is 1.